The normalized spacial score (nSPS) is 19.4. The molecular formula is C60H83FN10O5. The molecule has 3 aromatic carbocycles. The van der Waals surface area contributed by atoms with E-state index in [1.165, 1.54) is 6.42 Å². The number of carbonyl (C=O) groups is 4. The van der Waals surface area contributed by atoms with E-state index in [-0.39, 0.29) is 48.3 Å². The molecule has 5 aliphatic rings. The van der Waals surface area contributed by atoms with Gasteiger partial charge in [0.25, 0.3) is 11.8 Å². The highest BCUT2D eigenvalue weighted by molar-refractivity contribution is 6.23. The number of pyridine rings is 1. The van der Waals surface area contributed by atoms with E-state index in [4.69, 9.17) is 14.7 Å². The van der Waals surface area contributed by atoms with Crippen molar-refractivity contribution in [2.45, 2.75) is 118 Å². The maximum absolute atomic E-state index is 16.8. The van der Waals surface area contributed by atoms with Gasteiger partial charge in [0.1, 0.15) is 30.0 Å². The average molecular weight is 1040 g/mol. The van der Waals surface area contributed by atoms with E-state index in [2.05, 4.69) is 69.6 Å². The smallest absolute Gasteiger partial charge is 0.262 e. The molecule has 76 heavy (non-hydrogen) atoms. The van der Waals surface area contributed by atoms with Crippen molar-refractivity contribution < 1.29 is 28.3 Å². The monoisotopic (exact) mass is 1040 g/mol. The fourth-order valence-electron chi connectivity index (χ4n) is 11.3. The van der Waals surface area contributed by atoms with E-state index in [0.29, 0.717) is 53.7 Å². The number of nitrogens with one attached hydrogen (secondary N) is 2. The zero-order chi connectivity index (χ0) is 54.5. The summed E-state index contributed by atoms with van der Waals surface area (Å²) in [6.45, 7) is 28.3. The summed E-state index contributed by atoms with van der Waals surface area (Å²) in [5.74, 6) is -1.29. The number of rotatable bonds is 19. The van der Waals surface area contributed by atoms with Crippen molar-refractivity contribution >= 4 is 58.3 Å². The number of piperazine rings is 1. The number of amidine groups is 1. The molecule has 16 heteroatoms. The molecule has 1 aliphatic carbocycles. The third kappa shape index (κ3) is 13.2. The number of piperidine rings is 2. The zero-order valence-electron chi connectivity index (χ0n) is 46.6. The first-order chi connectivity index (χ1) is 36.9. The number of halogens is 1. The molecule has 3 saturated heterocycles. The molecule has 1 saturated carbocycles. The van der Waals surface area contributed by atoms with Crippen LogP contribution in [0.1, 0.15) is 131 Å². The molecular weight excluding hydrogens is 960 g/mol. The van der Waals surface area contributed by atoms with Crippen molar-refractivity contribution in [1.29, 1.82) is 0 Å². The summed E-state index contributed by atoms with van der Waals surface area (Å²) < 4.78 is 23.2. The van der Waals surface area contributed by atoms with Crippen LogP contribution in [0.25, 0.3) is 22.0 Å². The number of likely N-dealkylation sites (N-methyl/N-ethyl adjacent to an activating group) is 2. The maximum atomic E-state index is 16.8. The molecule has 0 bridgehead atoms. The summed E-state index contributed by atoms with van der Waals surface area (Å²) >= 11 is 0. The van der Waals surface area contributed by atoms with Crippen LogP contribution >= 0.6 is 0 Å². The molecule has 2 N–H and O–H groups in total. The van der Waals surface area contributed by atoms with Crippen LogP contribution in [0.3, 0.4) is 0 Å². The second-order valence-electron chi connectivity index (χ2n) is 21.0. The van der Waals surface area contributed by atoms with Gasteiger partial charge >= 0.3 is 0 Å². The Morgan fingerprint density at radius 2 is 1.61 bits per heavy atom. The van der Waals surface area contributed by atoms with E-state index in [9.17, 15) is 19.2 Å². The minimum Gasteiger partial charge on any atom is -0.371 e. The molecule has 5 heterocycles. The summed E-state index contributed by atoms with van der Waals surface area (Å²) in [5, 5.41) is 7.70. The quantitative estimate of drug-likeness (QED) is 0.0400. The third-order valence-corrected chi connectivity index (χ3v) is 15.5. The van der Waals surface area contributed by atoms with Gasteiger partial charge in [-0.15, -0.1) is 0 Å². The highest BCUT2D eigenvalue weighted by Crippen LogP contribution is 2.47. The topological polar surface area (TPSA) is 155 Å². The number of nitrogens with zero attached hydrogens (tertiary/aromatic N) is 8. The van der Waals surface area contributed by atoms with Crippen LogP contribution in [-0.4, -0.2) is 159 Å². The lowest BCUT2D eigenvalue weighted by molar-refractivity contribution is -0.136. The Kier molecular flexibility index (Phi) is 20.4. The predicted octanol–water partition coefficient (Wildman–Crippen LogP) is 9.27. The third-order valence-electron chi connectivity index (χ3n) is 15.5. The highest BCUT2D eigenvalue weighted by atomic mass is 19.1. The molecule has 4 fully saturated rings. The minimum atomic E-state index is -0.972. The van der Waals surface area contributed by atoms with E-state index >= 15 is 4.39 Å². The second kappa shape index (κ2) is 26.9. The number of aromatic nitrogens is 1. The average Bonchev–Trinajstić information content (AvgIpc) is 4.17. The van der Waals surface area contributed by atoms with E-state index in [1.807, 2.05) is 70.3 Å². The summed E-state index contributed by atoms with van der Waals surface area (Å²) in [7, 11) is 1.98. The Balaban J connectivity index is 0.00000162. The van der Waals surface area contributed by atoms with Gasteiger partial charge in [-0.25, -0.2) is 9.38 Å². The van der Waals surface area contributed by atoms with Crippen molar-refractivity contribution in [3.05, 3.63) is 88.9 Å². The van der Waals surface area contributed by atoms with Crippen LogP contribution in [0.15, 0.2) is 70.8 Å². The Bertz CT molecular complexity index is 2710. The number of aryl methyl sites for hydroxylation is 1. The lowest BCUT2D eigenvalue weighted by Gasteiger charge is -2.40. The molecule has 2 atom stereocenters. The summed E-state index contributed by atoms with van der Waals surface area (Å²) in [5.41, 5.74) is 4.27. The van der Waals surface area contributed by atoms with Gasteiger partial charge in [0.2, 0.25) is 11.8 Å². The fourth-order valence-corrected chi connectivity index (χ4v) is 11.3. The predicted molar refractivity (Wildman–Crippen MR) is 303 cm³/mol. The number of fused-ring (bicyclic) bond motifs is 2. The van der Waals surface area contributed by atoms with Gasteiger partial charge in [-0.05, 0) is 107 Å². The zero-order valence-corrected chi connectivity index (χ0v) is 46.6. The largest absolute Gasteiger partial charge is 0.371 e. The fraction of sp³-hybridized carbons (Fsp3) is 0.550. The first-order valence-corrected chi connectivity index (χ1v) is 28.1. The number of aliphatic imine (C=N–C) groups is 2. The first kappa shape index (κ1) is 57.8. The van der Waals surface area contributed by atoms with Gasteiger partial charge in [-0.2, -0.15) is 0 Å². The summed E-state index contributed by atoms with van der Waals surface area (Å²) in [4.78, 5) is 75.7. The minimum absolute atomic E-state index is 0.0938. The van der Waals surface area contributed by atoms with E-state index in [1.54, 1.807) is 18.3 Å². The lowest BCUT2D eigenvalue weighted by Crippen LogP contribution is -2.54. The van der Waals surface area contributed by atoms with Crippen LogP contribution in [-0.2, 0) is 14.3 Å². The molecule has 1 aromatic heterocycles. The van der Waals surface area contributed by atoms with Crippen molar-refractivity contribution in [3.8, 4) is 11.3 Å². The second-order valence-corrected chi connectivity index (χ2v) is 21.0. The molecule has 0 radical (unpaired) electrons. The summed E-state index contributed by atoms with van der Waals surface area (Å²) in [6.07, 6.45) is 9.50. The standard InChI is InChI=1S/C55H69FN10O5.C3H8.C2H6/c1-6-10-39(57-4)32-64(7-2)51(44-30-59-50(48(56)49(44)58-5)42-14-9-13-38-12-8-11-36(3)47(38)42)60-35-71-34-55(21-22-55)33-63-27-25-62(26-28-63)31-37-19-23-65(24-20-37)40-15-16-41-43(29-40)54(70)66(53(41)69)45-17-18-46(67)61-52(45)68;1-3-2;1-2/h8-9,11-16,29-30,37,39,45,57H,5-7,10,17-28,31-35H2,1-4H3,(H,61,67,68);3H2,1-2H3;1-2H3/b60-51+;;. The van der Waals surface area contributed by atoms with Gasteiger partial charge < -0.3 is 29.7 Å². The number of benzene rings is 3. The molecule has 2 unspecified atom stereocenters. The lowest BCUT2D eigenvalue weighted by atomic mass is 9.95. The first-order valence-electron chi connectivity index (χ1n) is 28.1. The molecule has 4 aliphatic heterocycles. The van der Waals surface area contributed by atoms with Crippen LogP contribution in [0.4, 0.5) is 15.8 Å². The SMILES string of the molecule is C=Nc1c(/C(=N\COCC2(CN3CCN(CC4CCN(c5ccc6c(c5)C(=O)N(C5CCC(=O)NC5=O)C6=O)CC4)CC3)CC2)N(CC)CC(CCC)NC)cnc(-c2cccc3cccc(C)c23)c1F.CC.CCC. The summed E-state index contributed by atoms with van der Waals surface area (Å²) in [6, 6.07) is 16.6. The number of anilines is 1. The van der Waals surface area contributed by atoms with Crippen molar-refractivity contribution in [2.24, 2.45) is 21.3 Å². The number of carbonyl (C=O) groups excluding carboxylic acids is 4. The van der Waals surface area contributed by atoms with E-state index in [0.717, 1.165) is 118 Å². The van der Waals surface area contributed by atoms with Crippen molar-refractivity contribution in [2.75, 3.05) is 90.7 Å². The molecule has 4 aromatic rings. The molecule has 9 rings (SSSR count). The number of amides is 4. The number of imide groups is 2. The highest BCUT2D eigenvalue weighted by Gasteiger charge is 2.46. The number of hydrogen-bond acceptors (Lipinski definition) is 12. The van der Waals surface area contributed by atoms with Crippen LogP contribution in [0, 0.1) is 24.1 Å². The van der Waals surface area contributed by atoms with Gasteiger partial charge in [0, 0.05) is 101 Å². The van der Waals surface area contributed by atoms with Crippen molar-refractivity contribution in [3.63, 3.8) is 0 Å². The molecule has 15 nitrogen and oxygen atoms in total. The maximum Gasteiger partial charge on any atom is 0.262 e. The van der Waals surface area contributed by atoms with Gasteiger partial charge in [-0.3, -0.25) is 39.4 Å². The number of hydrogen-bond donors (Lipinski definition) is 2. The molecule has 4 amide bonds. The van der Waals surface area contributed by atoms with Gasteiger partial charge in [0.15, 0.2) is 5.82 Å². The number of ether oxygens (including phenoxy) is 1. The Labute approximate surface area is 450 Å². The van der Waals surface area contributed by atoms with Gasteiger partial charge in [0.05, 0.1) is 23.3 Å². The van der Waals surface area contributed by atoms with Crippen LogP contribution in [0.2, 0.25) is 0 Å². The van der Waals surface area contributed by atoms with E-state index < -0.39 is 29.6 Å². The molecule has 0 spiro atoms. The van der Waals surface area contributed by atoms with Crippen LogP contribution in [0.5, 0.6) is 0 Å². The van der Waals surface area contributed by atoms with Crippen molar-refractivity contribution in [1.82, 2.24) is 35.2 Å². The van der Waals surface area contributed by atoms with Crippen LogP contribution < -0.4 is 15.5 Å². The Morgan fingerprint density at radius 1 is 0.921 bits per heavy atom. The Morgan fingerprint density at radius 3 is 2.25 bits per heavy atom. The Hall–Kier alpha value is -5.94. The van der Waals surface area contributed by atoms with Gasteiger partial charge in [-0.1, -0.05) is 83.9 Å². The molecule has 410 valence electrons.